The zero-order valence-corrected chi connectivity index (χ0v) is 18.7. The van der Waals surface area contributed by atoms with Crippen molar-refractivity contribution in [1.29, 1.82) is 0 Å². The number of hydrogen-bond acceptors (Lipinski definition) is 3. The summed E-state index contributed by atoms with van der Waals surface area (Å²) in [6.07, 6.45) is 3.94. The molecule has 1 aliphatic heterocycles. The fourth-order valence-electron chi connectivity index (χ4n) is 4.43. The van der Waals surface area contributed by atoms with Gasteiger partial charge in [-0.1, -0.05) is 37.3 Å². The molecule has 3 rings (SSSR count). The lowest BCUT2D eigenvalue weighted by atomic mass is 9.88. The summed E-state index contributed by atoms with van der Waals surface area (Å²) in [7, 11) is 0. The molecule has 0 saturated carbocycles. The van der Waals surface area contributed by atoms with Crippen molar-refractivity contribution >= 4 is 5.97 Å². The second kappa shape index (κ2) is 12.1. The summed E-state index contributed by atoms with van der Waals surface area (Å²) in [5.74, 6) is -1.02. The molecular weight excluding hydrogens is 412 g/mol. The summed E-state index contributed by atoms with van der Waals surface area (Å²) in [5, 5.41) is 9.22. The number of carboxylic acids is 1. The van der Waals surface area contributed by atoms with Crippen LogP contribution in [0.3, 0.4) is 0 Å². The van der Waals surface area contributed by atoms with Crippen LogP contribution in [0.5, 0.6) is 0 Å². The molecular formula is C26H33F2NO3. The highest BCUT2D eigenvalue weighted by Gasteiger charge is 2.23. The molecule has 2 aromatic rings. The van der Waals surface area contributed by atoms with Crippen LogP contribution in [0.15, 0.2) is 48.5 Å². The predicted molar refractivity (Wildman–Crippen MR) is 120 cm³/mol. The number of hydrogen-bond donors (Lipinski definition) is 1. The number of ether oxygens (including phenoxy) is 1. The number of carboxylic acid groups (broad SMARTS) is 1. The van der Waals surface area contributed by atoms with Gasteiger partial charge in [-0.2, -0.15) is 0 Å². The van der Waals surface area contributed by atoms with Crippen LogP contribution in [-0.2, 0) is 9.53 Å². The van der Waals surface area contributed by atoms with Crippen molar-refractivity contribution in [2.45, 2.75) is 45.1 Å². The number of nitrogens with zero attached hydrogens (tertiary/aromatic N) is 1. The van der Waals surface area contributed by atoms with Crippen LogP contribution in [0.25, 0.3) is 0 Å². The van der Waals surface area contributed by atoms with Crippen LogP contribution in [0.4, 0.5) is 8.78 Å². The van der Waals surface area contributed by atoms with Crippen LogP contribution in [0.2, 0.25) is 0 Å². The minimum absolute atomic E-state index is 0.233. The second-order valence-electron chi connectivity index (χ2n) is 8.63. The number of aliphatic carboxylic acids is 1. The highest BCUT2D eigenvalue weighted by molar-refractivity contribution is 5.69. The average molecular weight is 446 g/mol. The second-order valence-corrected chi connectivity index (χ2v) is 8.63. The molecule has 1 heterocycles. The molecule has 2 aromatic carbocycles. The van der Waals surface area contributed by atoms with Gasteiger partial charge >= 0.3 is 5.97 Å². The van der Waals surface area contributed by atoms with Crippen molar-refractivity contribution < 1.29 is 23.4 Å². The highest BCUT2D eigenvalue weighted by atomic mass is 19.1. The van der Waals surface area contributed by atoms with E-state index in [1.165, 1.54) is 18.2 Å². The number of piperidine rings is 1. The lowest BCUT2D eigenvalue weighted by Crippen LogP contribution is -2.36. The topological polar surface area (TPSA) is 49.8 Å². The summed E-state index contributed by atoms with van der Waals surface area (Å²) in [6, 6.07) is 12.5. The molecule has 32 heavy (non-hydrogen) atoms. The normalized spacial score (nSPS) is 17.2. The summed E-state index contributed by atoms with van der Waals surface area (Å²) in [5.41, 5.74) is 1.17. The number of halogens is 2. The number of rotatable bonds is 11. The van der Waals surface area contributed by atoms with E-state index in [4.69, 9.17) is 4.74 Å². The van der Waals surface area contributed by atoms with E-state index in [1.54, 1.807) is 30.3 Å². The monoisotopic (exact) mass is 445 g/mol. The first-order valence-corrected chi connectivity index (χ1v) is 11.5. The molecule has 0 aromatic heterocycles. The van der Waals surface area contributed by atoms with Gasteiger partial charge in [0.25, 0.3) is 0 Å². The number of carbonyl (C=O) groups is 1. The van der Waals surface area contributed by atoms with E-state index < -0.39 is 12.1 Å². The first-order valence-electron chi connectivity index (χ1n) is 11.5. The fraction of sp³-hybridized carbons (Fsp3) is 0.500. The molecule has 4 nitrogen and oxygen atoms in total. The Morgan fingerprint density at radius 2 is 1.81 bits per heavy atom. The minimum Gasteiger partial charge on any atom is -0.481 e. The van der Waals surface area contributed by atoms with Gasteiger partial charge in [0.15, 0.2) is 0 Å². The third kappa shape index (κ3) is 6.84. The maximum Gasteiger partial charge on any atom is 0.306 e. The quantitative estimate of drug-likeness (QED) is 0.484. The average Bonchev–Trinajstić information content (AvgIpc) is 2.79. The molecule has 0 amide bonds. The van der Waals surface area contributed by atoms with Gasteiger partial charge < -0.3 is 14.7 Å². The lowest BCUT2D eigenvalue weighted by molar-refractivity contribution is -0.142. The van der Waals surface area contributed by atoms with Crippen LogP contribution in [-0.4, -0.2) is 42.2 Å². The molecule has 0 spiro atoms. The van der Waals surface area contributed by atoms with Gasteiger partial charge in [-0.05, 0) is 74.9 Å². The predicted octanol–water partition coefficient (Wildman–Crippen LogP) is 5.67. The van der Waals surface area contributed by atoms with E-state index in [-0.39, 0.29) is 17.6 Å². The SMILES string of the molecule is CCC(CCC1CCN(CCOC(c2ccc(F)cc2)c2ccccc2F)CC1)C(=O)O. The zero-order valence-electron chi connectivity index (χ0n) is 18.7. The van der Waals surface area contributed by atoms with E-state index in [2.05, 4.69) is 4.90 Å². The number of benzene rings is 2. The van der Waals surface area contributed by atoms with Crippen molar-refractivity contribution in [3.63, 3.8) is 0 Å². The van der Waals surface area contributed by atoms with Crippen molar-refractivity contribution in [2.24, 2.45) is 11.8 Å². The van der Waals surface area contributed by atoms with E-state index in [9.17, 15) is 18.7 Å². The first-order chi connectivity index (χ1) is 15.5. The molecule has 6 heteroatoms. The molecule has 0 radical (unpaired) electrons. The molecule has 1 saturated heterocycles. The summed E-state index contributed by atoms with van der Waals surface area (Å²) in [6.45, 7) is 5.03. The molecule has 0 bridgehead atoms. The smallest absolute Gasteiger partial charge is 0.306 e. The van der Waals surface area contributed by atoms with Gasteiger partial charge in [0.2, 0.25) is 0 Å². The van der Waals surface area contributed by atoms with Crippen molar-refractivity contribution in [3.8, 4) is 0 Å². The van der Waals surface area contributed by atoms with Gasteiger partial charge in [-0.25, -0.2) is 8.78 Å². The van der Waals surface area contributed by atoms with Crippen LogP contribution < -0.4 is 0 Å². The van der Waals surface area contributed by atoms with E-state index in [0.717, 1.165) is 50.9 Å². The summed E-state index contributed by atoms with van der Waals surface area (Å²) >= 11 is 0. The Kier molecular flexibility index (Phi) is 9.18. The largest absolute Gasteiger partial charge is 0.481 e. The zero-order chi connectivity index (χ0) is 22.9. The molecule has 2 unspecified atom stereocenters. The number of likely N-dealkylation sites (tertiary alicyclic amines) is 1. The van der Waals surface area contributed by atoms with Gasteiger partial charge in [-0.15, -0.1) is 0 Å². The summed E-state index contributed by atoms with van der Waals surface area (Å²) < 4.78 is 33.9. The van der Waals surface area contributed by atoms with Crippen molar-refractivity contribution in [2.75, 3.05) is 26.2 Å². The van der Waals surface area contributed by atoms with Crippen LogP contribution in [0.1, 0.15) is 56.3 Å². The Labute approximate surface area is 189 Å². The van der Waals surface area contributed by atoms with Gasteiger partial charge in [0.05, 0.1) is 12.5 Å². The van der Waals surface area contributed by atoms with Gasteiger partial charge in [0, 0.05) is 12.1 Å². The van der Waals surface area contributed by atoms with E-state index in [0.29, 0.717) is 24.5 Å². The van der Waals surface area contributed by atoms with Crippen LogP contribution >= 0.6 is 0 Å². The molecule has 2 atom stereocenters. The first kappa shape index (κ1) is 24.3. The molecule has 1 fully saturated rings. The van der Waals surface area contributed by atoms with E-state index in [1.807, 2.05) is 6.92 Å². The maximum absolute atomic E-state index is 14.4. The van der Waals surface area contributed by atoms with Gasteiger partial charge in [0.1, 0.15) is 17.7 Å². The standard InChI is InChI=1S/C26H33F2NO3/c1-2-20(26(30)31)8-7-19-13-15-29(16-14-19)17-18-32-25(21-9-11-22(27)12-10-21)23-5-3-4-6-24(23)28/h3-6,9-12,19-20,25H,2,7-8,13-18H2,1H3,(H,30,31). The molecule has 1 N–H and O–H groups in total. The lowest BCUT2D eigenvalue weighted by Gasteiger charge is -2.32. The highest BCUT2D eigenvalue weighted by Crippen LogP contribution is 2.29. The summed E-state index contributed by atoms with van der Waals surface area (Å²) in [4.78, 5) is 13.5. The Balaban J connectivity index is 1.50. The van der Waals surface area contributed by atoms with E-state index >= 15 is 0 Å². The molecule has 1 aliphatic rings. The van der Waals surface area contributed by atoms with Crippen molar-refractivity contribution in [1.82, 2.24) is 4.90 Å². The molecule has 0 aliphatic carbocycles. The Morgan fingerprint density at radius 3 is 2.44 bits per heavy atom. The van der Waals surface area contributed by atoms with Gasteiger partial charge in [-0.3, -0.25) is 4.79 Å². The Hall–Kier alpha value is -2.31. The third-order valence-electron chi connectivity index (χ3n) is 6.53. The van der Waals surface area contributed by atoms with Crippen molar-refractivity contribution in [3.05, 3.63) is 71.3 Å². The Morgan fingerprint density at radius 1 is 1.12 bits per heavy atom. The maximum atomic E-state index is 14.4. The van der Waals surface area contributed by atoms with Crippen LogP contribution in [0, 0.1) is 23.5 Å². The third-order valence-corrected chi connectivity index (χ3v) is 6.53. The Bertz CT molecular complexity index is 850. The minimum atomic E-state index is -0.687. The fourth-order valence-corrected chi connectivity index (χ4v) is 4.43. The molecule has 174 valence electrons.